The topological polar surface area (TPSA) is 35.5 Å². The van der Waals surface area contributed by atoms with Crippen LogP contribution in [-0.2, 0) is 14.0 Å². The van der Waals surface area contributed by atoms with E-state index in [1.54, 1.807) is 0 Å². The van der Waals surface area contributed by atoms with E-state index in [1.807, 2.05) is 0 Å². The molecule has 0 saturated carbocycles. The van der Waals surface area contributed by atoms with Gasteiger partial charge in [-0.1, -0.05) is 0 Å². The molecule has 6 heteroatoms. The maximum Gasteiger partial charge on any atom is 0.184 e. The van der Waals surface area contributed by atoms with Gasteiger partial charge in [0.2, 0.25) is 0 Å². The van der Waals surface area contributed by atoms with Gasteiger partial charge in [-0.05, 0) is 0 Å². The Morgan fingerprint density at radius 2 is 2.64 bits per heavy atom. The van der Waals surface area contributed by atoms with Gasteiger partial charge < -0.3 is 9.47 Å². The Morgan fingerprint density at radius 3 is 3.09 bits per heavy atom. The first kappa shape index (κ1) is 8.85. The van der Waals surface area contributed by atoms with Gasteiger partial charge in [0.15, 0.2) is 14.8 Å². The molecular weight excluding hydrogens is 169 g/mol. The Kier molecular flexibility index (Phi) is 3.18. The van der Waals surface area contributed by atoms with Crippen LogP contribution in [0.2, 0.25) is 0 Å². The van der Waals surface area contributed by atoms with Crippen LogP contribution >= 0.6 is 8.46 Å². The Balaban J connectivity index is 2.34. The highest BCUT2D eigenvalue weighted by molar-refractivity contribution is 7.23. The highest BCUT2D eigenvalue weighted by Gasteiger charge is 2.23. The standard InChI is InChI=1S/C5H5BFO3P/c6-5-3(7)1-4(10-5)9-2-11-8/h1,4-5H,2H2/t4-,5+/m0/s1. The predicted octanol–water partition coefficient (Wildman–Crippen LogP) is 0.956. The summed E-state index contributed by atoms with van der Waals surface area (Å²) in [4.78, 5) is 0. The second-order valence-corrected chi connectivity index (χ2v) is 2.42. The van der Waals surface area contributed by atoms with Crippen LogP contribution in [0, 0.1) is 0 Å². The van der Waals surface area contributed by atoms with Crippen molar-refractivity contribution in [3.8, 4) is 0 Å². The van der Waals surface area contributed by atoms with E-state index in [4.69, 9.17) is 17.3 Å². The monoisotopic (exact) mass is 174 g/mol. The zero-order chi connectivity index (χ0) is 8.27. The van der Waals surface area contributed by atoms with E-state index in [0.717, 1.165) is 6.08 Å². The van der Waals surface area contributed by atoms with Gasteiger partial charge in [0, 0.05) is 6.08 Å². The molecule has 1 heterocycles. The molecule has 2 atom stereocenters. The number of rotatable bonds is 3. The lowest BCUT2D eigenvalue weighted by atomic mass is 10.0. The van der Waals surface area contributed by atoms with E-state index < -0.39 is 18.1 Å². The minimum Gasteiger partial charge on any atom is -0.349 e. The lowest BCUT2D eigenvalue weighted by Gasteiger charge is -2.08. The zero-order valence-corrected chi connectivity index (χ0v) is 6.46. The third-order valence-electron chi connectivity index (χ3n) is 1.14. The van der Waals surface area contributed by atoms with Crippen molar-refractivity contribution < 1.29 is 18.4 Å². The van der Waals surface area contributed by atoms with Crippen molar-refractivity contribution in [2.45, 2.75) is 12.3 Å². The van der Waals surface area contributed by atoms with E-state index in [-0.39, 0.29) is 14.8 Å². The molecule has 0 fully saturated rings. The van der Waals surface area contributed by atoms with Crippen LogP contribution in [0.15, 0.2) is 11.9 Å². The first-order valence-electron chi connectivity index (χ1n) is 2.93. The van der Waals surface area contributed by atoms with Crippen molar-refractivity contribution >= 4 is 16.3 Å². The molecule has 0 spiro atoms. The number of halogens is 1. The van der Waals surface area contributed by atoms with Gasteiger partial charge in [-0.2, -0.15) is 0 Å². The maximum absolute atomic E-state index is 12.4. The molecule has 3 nitrogen and oxygen atoms in total. The van der Waals surface area contributed by atoms with Crippen LogP contribution in [0.5, 0.6) is 0 Å². The smallest absolute Gasteiger partial charge is 0.184 e. The molecule has 2 radical (unpaired) electrons. The molecule has 0 bridgehead atoms. The van der Waals surface area contributed by atoms with Gasteiger partial charge in [0.1, 0.15) is 20.0 Å². The molecule has 1 aliphatic rings. The van der Waals surface area contributed by atoms with Crippen molar-refractivity contribution in [1.82, 2.24) is 0 Å². The first-order valence-corrected chi connectivity index (χ1v) is 3.93. The Hall–Kier alpha value is -0.245. The minimum absolute atomic E-state index is 0.0266. The highest BCUT2D eigenvalue weighted by Crippen LogP contribution is 2.19. The minimum atomic E-state index is -1.04. The van der Waals surface area contributed by atoms with E-state index in [1.165, 1.54) is 0 Å². The Morgan fingerprint density at radius 1 is 1.91 bits per heavy atom. The Labute approximate surface area is 66.2 Å². The molecule has 0 aromatic rings. The number of ether oxygens (including phenoxy) is 2. The highest BCUT2D eigenvalue weighted by atomic mass is 31.1. The van der Waals surface area contributed by atoms with Gasteiger partial charge in [-0.3, -0.25) is 4.57 Å². The fourth-order valence-corrected chi connectivity index (χ4v) is 0.873. The van der Waals surface area contributed by atoms with Crippen LogP contribution in [0.3, 0.4) is 0 Å². The summed E-state index contributed by atoms with van der Waals surface area (Å²) in [5.74, 6) is -0.558. The summed E-state index contributed by atoms with van der Waals surface area (Å²) in [6.45, 7) is 0. The lowest BCUT2D eigenvalue weighted by molar-refractivity contribution is -0.0877. The molecule has 0 saturated heterocycles. The van der Waals surface area contributed by atoms with Crippen LogP contribution in [-0.4, -0.2) is 26.5 Å². The molecule has 1 rings (SSSR count). The fourth-order valence-electron chi connectivity index (χ4n) is 0.665. The van der Waals surface area contributed by atoms with Gasteiger partial charge in [-0.15, -0.1) is 0 Å². The molecule has 0 unspecified atom stereocenters. The van der Waals surface area contributed by atoms with Crippen molar-refractivity contribution in [1.29, 1.82) is 0 Å². The van der Waals surface area contributed by atoms with Crippen LogP contribution in [0.1, 0.15) is 0 Å². The fraction of sp³-hybridized carbons (Fsp3) is 0.600. The first-order chi connectivity index (χ1) is 5.24. The van der Waals surface area contributed by atoms with Crippen molar-refractivity contribution in [3.05, 3.63) is 11.9 Å². The largest absolute Gasteiger partial charge is 0.349 e. The summed E-state index contributed by atoms with van der Waals surface area (Å²) >= 11 is 0. The SMILES string of the molecule is [B][C@@H]1O[C@H](OCP=O)C=C1F. The van der Waals surface area contributed by atoms with E-state index in [9.17, 15) is 8.96 Å². The van der Waals surface area contributed by atoms with Crippen LogP contribution in [0.4, 0.5) is 4.39 Å². The van der Waals surface area contributed by atoms with Gasteiger partial charge in [-0.25, -0.2) is 4.39 Å². The number of hydrogen-bond acceptors (Lipinski definition) is 3. The summed E-state index contributed by atoms with van der Waals surface area (Å²) in [6.07, 6.45) is 0.281. The van der Waals surface area contributed by atoms with Gasteiger partial charge >= 0.3 is 0 Å². The van der Waals surface area contributed by atoms with Crippen molar-refractivity contribution in [2.24, 2.45) is 0 Å². The van der Waals surface area contributed by atoms with Gasteiger partial charge in [0.25, 0.3) is 0 Å². The van der Waals surface area contributed by atoms with Crippen LogP contribution < -0.4 is 0 Å². The third-order valence-corrected chi connectivity index (χ3v) is 1.39. The van der Waals surface area contributed by atoms with Crippen molar-refractivity contribution in [3.63, 3.8) is 0 Å². The maximum atomic E-state index is 12.4. The normalized spacial score (nSPS) is 30.8. The summed E-state index contributed by atoms with van der Waals surface area (Å²) < 4.78 is 31.8. The van der Waals surface area contributed by atoms with E-state index in [2.05, 4.69) is 0 Å². The molecule has 0 amide bonds. The van der Waals surface area contributed by atoms with E-state index >= 15 is 0 Å². The summed E-state index contributed by atoms with van der Waals surface area (Å²) in [7, 11) is 4.95. The van der Waals surface area contributed by atoms with Gasteiger partial charge in [0.05, 0.1) is 6.00 Å². The molecule has 0 aliphatic carbocycles. The molecular formula is C5H5BFO3P. The average molecular weight is 174 g/mol. The third kappa shape index (κ3) is 2.36. The molecule has 58 valence electrons. The average Bonchev–Trinajstić information content (AvgIpc) is 2.28. The molecule has 0 aromatic heterocycles. The molecule has 1 aliphatic heterocycles. The second kappa shape index (κ2) is 3.95. The molecule has 0 aromatic carbocycles. The molecule has 11 heavy (non-hydrogen) atoms. The van der Waals surface area contributed by atoms with Crippen LogP contribution in [0.25, 0.3) is 0 Å². The summed E-state index contributed by atoms with van der Waals surface area (Å²) in [5.41, 5.74) is 0. The number of hydrogen-bond donors (Lipinski definition) is 0. The lowest BCUT2D eigenvalue weighted by Crippen LogP contribution is -2.15. The van der Waals surface area contributed by atoms with E-state index in [0.29, 0.717) is 0 Å². The summed E-state index contributed by atoms with van der Waals surface area (Å²) in [6, 6.07) is -1.04. The van der Waals surface area contributed by atoms with Crippen molar-refractivity contribution in [2.75, 3.05) is 6.35 Å². The second-order valence-electron chi connectivity index (χ2n) is 1.90. The predicted molar refractivity (Wildman–Crippen MR) is 37.2 cm³/mol. The molecule has 0 N–H and O–H groups in total. The quantitative estimate of drug-likeness (QED) is 0.471. The Bertz CT molecular complexity index is 187. The zero-order valence-electron chi connectivity index (χ0n) is 5.57. The summed E-state index contributed by atoms with van der Waals surface area (Å²) in [5, 5.41) is 0.